The Morgan fingerprint density at radius 2 is 2.13 bits per heavy atom. The molecule has 1 N–H and O–H groups in total. The van der Waals surface area contributed by atoms with E-state index in [0.29, 0.717) is 49.3 Å². The molecule has 2 amide bonds. The predicted molar refractivity (Wildman–Crippen MR) is 84.7 cm³/mol. The van der Waals surface area contributed by atoms with Crippen LogP contribution in [0, 0.1) is 5.92 Å². The number of nitrogens with one attached hydrogen (secondary N) is 1. The largest absolute Gasteiger partial charge is 0.486 e. The van der Waals surface area contributed by atoms with Crippen LogP contribution < -0.4 is 14.8 Å². The lowest BCUT2D eigenvalue weighted by atomic mass is 9.98. The number of nitrogens with zero attached hydrogens (tertiary/aromatic N) is 1. The molecule has 0 radical (unpaired) electrons. The molecule has 6 heteroatoms. The van der Waals surface area contributed by atoms with Gasteiger partial charge in [0.15, 0.2) is 11.5 Å². The summed E-state index contributed by atoms with van der Waals surface area (Å²) < 4.78 is 11.1. The summed E-state index contributed by atoms with van der Waals surface area (Å²) in [5.74, 6) is 1.37. The lowest BCUT2D eigenvalue weighted by Crippen LogP contribution is -2.42. The van der Waals surface area contributed by atoms with Crippen LogP contribution in [0.15, 0.2) is 18.2 Å². The molecule has 2 aliphatic heterocycles. The van der Waals surface area contributed by atoms with Crippen LogP contribution in [0.4, 0.5) is 0 Å². The first-order valence-electron chi connectivity index (χ1n) is 8.07. The Bertz CT molecular complexity index is 602. The number of carbonyl (C=O) groups excluding carboxylic acids is 2. The predicted octanol–water partition coefficient (Wildman–Crippen LogP) is 1.45. The lowest BCUT2D eigenvalue weighted by Gasteiger charge is -2.32. The summed E-state index contributed by atoms with van der Waals surface area (Å²) in [5.41, 5.74) is 0.501. The van der Waals surface area contributed by atoms with E-state index in [1.165, 1.54) is 0 Å². The molecule has 0 aromatic heterocycles. The smallest absolute Gasteiger partial charge is 0.255 e. The summed E-state index contributed by atoms with van der Waals surface area (Å²) in [6, 6.07) is 5.34. The van der Waals surface area contributed by atoms with Gasteiger partial charge in [0.05, 0.1) is 5.56 Å². The number of amides is 2. The Morgan fingerprint density at radius 3 is 2.96 bits per heavy atom. The highest BCUT2D eigenvalue weighted by molar-refractivity contribution is 5.97. The first kappa shape index (κ1) is 15.6. The molecule has 6 nitrogen and oxygen atoms in total. The molecule has 1 saturated heterocycles. The number of piperidine rings is 1. The van der Waals surface area contributed by atoms with Crippen molar-refractivity contribution in [2.75, 3.05) is 32.8 Å². The van der Waals surface area contributed by atoms with E-state index in [-0.39, 0.29) is 11.8 Å². The minimum absolute atomic E-state index is 0.101. The number of carbonyl (C=O) groups is 2. The second-order valence-electron chi connectivity index (χ2n) is 6.01. The van der Waals surface area contributed by atoms with Crippen LogP contribution in [0.5, 0.6) is 11.5 Å². The molecule has 1 unspecified atom stereocenters. The molecule has 0 spiro atoms. The minimum Gasteiger partial charge on any atom is -0.486 e. The van der Waals surface area contributed by atoms with Gasteiger partial charge in [-0.1, -0.05) is 6.07 Å². The van der Waals surface area contributed by atoms with E-state index in [0.717, 1.165) is 19.4 Å². The maximum Gasteiger partial charge on any atom is 0.255 e. The van der Waals surface area contributed by atoms with Crippen LogP contribution in [0.1, 0.15) is 30.1 Å². The topological polar surface area (TPSA) is 67.9 Å². The minimum atomic E-state index is -0.160. The fourth-order valence-electron chi connectivity index (χ4n) is 3.10. The van der Waals surface area contributed by atoms with Crippen molar-refractivity contribution < 1.29 is 19.1 Å². The first-order chi connectivity index (χ1) is 11.1. The fourth-order valence-corrected chi connectivity index (χ4v) is 3.10. The van der Waals surface area contributed by atoms with Crippen molar-refractivity contribution in [1.82, 2.24) is 10.2 Å². The third-order valence-corrected chi connectivity index (χ3v) is 4.33. The molecular weight excluding hydrogens is 296 g/mol. The highest BCUT2D eigenvalue weighted by Gasteiger charge is 2.24. The van der Waals surface area contributed by atoms with E-state index in [2.05, 4.69) is 5.32 Å². The van der Waals surface area contributed by atoms with Gasteiger partial charge in [-0.2, -0.15) is 0 Å². The Kier molecular flexibility index (Phi) is 4.69. The van der Waals surface area contributed by atoms with E-state index in [4.69, 9.17) is 9.47 Å². The zero-order valence-electron chi connectivity index (χ0n) is 13.3. The van der Waals surface area contributed by atoms with Crippen molar-refractivity contribution in [3.8, 4) is 11.5 Å². The van der Waals surface area contributed by atoms with Gasteiger partial charge in [-0.05, 0) is 30.9 Å². The maximum atomic E-state index is 12.4. The number of ether oxygens (including phenoxy) is 2. The summed E-state index contributed by atoms with van der Waals surface area (Å²) in [5, 5.41) is 2.97. The number of para-hydroxylation sites is 1. The Labute approximate surface area is 135 Å². The van der Waals surface area contributed by atoms with Crippen molar-refractivity contribution in [2.24, 2.45) is 5.92 Å². The molecule has 1 fully saturated rings. The van der Waals surface area contributed by atoms with Crippen molar-refractivity contribution in [2.45, 2.75) is 19.8 Å². The summed E-state index contributed by atoms with van der Waals surface area (Å²) >= 11 is 0. The van der Waals surface area contributed by atoms with Gasteiger partial charge in [0.1, 0.15) is 13.2 Å². The SMILES string of the molecule is CC(=O)N1CCCC(CNC(=O)c2cccc3c2OCCO3)C1. The molecule has 2 aliphatic rings. The van der Waals surface area contributed by atoms with E-state index < -0.39 is 0 Å². The summed E-state index contributed by atoms with van der Waals surface area (Å²) in [7, 11) is 0. The molecule has 1 aromatic rings. The lowest BCUT2D eigenvalue weighted by molar-refractivity contribution is -0.130. The normalized spacial score (nSPS) is 20.0. The van der Waals surface area contributed by atoms with Crippen molar-refractivity contribution in [1.29, 1.82) is 0 Å². The quantitative estimate of drug-likeness (QED) is 0.916. The monoisotopic (exact) mass is 318 g/mol. The number of fused-ring (bicyclic) bond motifs is 1. The van der Waals surface area contributed by atoms with E-state index in [1.807, 2.05) is 4.90 Å². The highest BCUT2D eigenvalue weighted by atomic mass is 16.6. The van der Waals surface area contributed by atoms with Crippen molar-refractivity contribution >= 4 is 11.8 Å². The Balaban J connectivity index is 1.61. The molecule has 23 heavy (non-hydrogen) atoms. The second-order valence-corrected chi connectivity index (χ2v) is 6.01. The van der Waals surface area contributed by atoms with Gasteiger partial charge < -0.3 is 19.7 Å². The van der Waals surface area contributed by atoms with E-state index >= 15 is 0 Å². The number of benzene rings is 1. The van der Waals surface area contributed by atoms with Crippen LogP contribution in [0.2, 0.25) is 0 Å². The molecular formula is C17H22N2O4. The Hall–Kier alpha value is -2.24. The summed E-state index contributed by atoms with van der Waals surface area (Å²) in [4.78, 5) is 25.8. The number of hydrogen-bond donors (Lipinski definition) is 1. The van der Waals surface area contributed by atoms with Gasteiger partial charge in [-0.25, -0.2) is 0 Å². The third-order valence-electron chi connectivity index (χ3n) is 4.33. The van der Waals surface area contributed by atoms with Crippen LogP contribution in [0.25, 0.3) is 0 Å². The fraction of sp³-hybridized carbons (Fsp3) is 0.529. The van der Waals surface area contributed by atoms with E-state index in [1.54, 1.807) is 25.1 Å². The van der Waals surface area contributed by atoms with Gasteiger partial charge in [0.25, 0.3) is 5.91 Å². The third kappa shape index (κ3) is 3.57. The molecule has 0 aliphatic carbocycles. The summed E-state index contributed by atoms with van der Waals surface area (Å²) in [6.45, 7) is 4.63. The second kappa shape index (κ2) is 6.89. The number of hydrogen-bond acceptors (Lipinski definition) is 4. The first-order valence-corrected chi connectivity index (χ1v) is 8.07. The van der Waals surface area contributed by atoms with Crippen molar-refractivity contribution in [3.05, 3.63) is 23.8 Å². The van der Waals surface area contributed by atoms with Crippen LogP contribution in [-0.2, 0) is 4.79 Å². The van der Waals surface area contributed by atoms with Gasteiger partial charge in [0, 0.05) is 26.6 Å². The maximum absolute atomic E-state index is 12.4. The molecule has 1 atom stereocenters. The molecule has 0 bridgehead atoms. The van der Waals surface area contributed by atoms with Gasteiger partial charge >= 0.3 is 0 Å². The average Bonchev–Trinajstić information content (AvgIpc) is 2.59. The molecule has 2 heterocycles. The highest BCUT2D eigenvalue weighted by Crippen LogP contribution is 2.33. The average molecular weight is 318 g/mol. The molecule has 3 rings (SSSR count). The number of rotatable bonds is 3. The van der Waals surface area contributed by atoms with Crippen LogP contribution in [0.3, 0.4) is 0 Å². The standard InChI is InChI=1S/C17H22N2O4/c1-12(20)19-7-3-4-13(11-19)10-18-17(21)14-5-2-6-15-16(14)23-9-8-22-15/h2,5-6,13H,3-4,7-11H2,1H3,(H,18,21). The molecule has 1 aromatic carbocycles. The van der Waals surface area contributed by atoms with Gasteiger partial charge in [0.2, 0.25) is 5.91 Å². The van der Waals surface area contributed by atoms with Crippen LogP contribution >= 0.6 is 0 Å². The zero-order chi connectivity index (χ0) is 16.2. The molecule has 0 saturated carbocycles. The van der Waals surface area contributed by atoms with E-state index in [9.17, 15) is 9.59 Å². The zero-order valence-corrected chi connectivity index (χ0v) is 13.3. The summed E-state index contributed by atoms with van der Waals surface area (Å²) in [6.07, 6.45) is 2.01. The van der Waals surface area contributed by atoms with Gasteiger partial charge in [-0.15, -0.1) is 0 Å². The van der Waals surface area contributed by atoms with Crippen molar-refractivity contribution in [3.63, 3.8) is 0 Å². The Morgan fingerprint density at radius 1 is 1.30 bits per heavy atom. The number of likely N-dealkylation sites (tertiary alicyclic amines) is 1. The van der Waals surface area contributed by atoms with Gasteiger partial charge in [-0.3, -0.25) is 9.59 Å². The van der Waals surface area contributed by atoms with Crippen LogP contribution in [-0.4, -0.2) is 49.6 Å². The molecule has 124 valence electrons.